The number of aryl methyl sites for hydroxylation is 1. The van der Waals surface area contributed by atoms with Gasteiger partial charge in [0, 0.05) is 38.5 Å². The molecule has 0 aliphatic rings. The number of halogens is 2. The van der Waals surface area contributed by atoms with Crippen LogP contribution in [-0.2, 0) is 7.05 Å². The summed E-state index contributed by atoms with van der Waals surface area (Å²) >= 11 is 0. The van der Waals surface area contributed by atoms with Crippen LogP contribution in [0.2, 0.25) is 0 Å². The molecule has 0 fully saturated rings. The predicted molar refractivity (Wildman–Crippen MR) is 81.8 cm³/mol. The maximum atomic E-state index is 14.0. The number of aliphatic hydroxyl groups is 1. The minimum Gasteiger partial charge on any atom is -0.393 e. The first-order chi connectivity index (χ1) is 10.8. The summed E-state index contributed by atoms with van der Waals surface area (Å²) in [5.74, 6) is -1.80. The molecule has 2 rings (SSSR count). The van der Waals surface area contributed by atoms with Crippen molar-refractivity contribution in [2.45, 2.75) is 19.4 Å². The van der Waals surface area contributed by atoms with Crippen molar-refractivity contribution in [3.05, 3.63) is 41.6 Å². The Kier molecular flexibility index (Phi) is 5.10. The van der Waals surface area contributed by atoms with E-state index >= 15 is 0 Å². The Balaban J connectivity index is 2.35. The van der Waals surface area contributed by atoms with Crippen LogP contribution in [0.3, 0.4) is 0 Å². The summed E-state index contributed by atoms with van der Waals surface area (Å²) in [4.78, 5) is 14.0. The Labute approximate surface area is 133 Å². The number of hydrogen-bond acceptors (Lipinski definition) is 3. The van der Waals surface area contributed by atoms with Gasteiger partial charge in [0.2, 0.25) is 0 Å². The van der Waals surface area contributed by atoms with Crippen molar-refractivity contribution in [1.82, 2.24) is 14.7 Å². The molecular formula is C16H19F2N3O2. The molecule has 0 spiro atoms. The quantitative estimate of drug-likeness (QED) is 0.918. The zero-order valence-electron chi connectivity index (χ0n) is 13.3. The average molecular weight is 323 g/mol. The van der Waals surface area contributed by atoms with Crippen molar-refractivity contribution in [2.24, 2.45) is 7.05 Å². The van der Waals surface area contributed by atoms with Crippen LogP contribution >= 0.6 is 0 Å². The molecule has 1 aromatic heterocycles. The molecule has 1 atom stereocenters. The third-order valence-corrected chi connectivity index (χ3v) is 3.47. The lowest BCUT2D eigenvalue weighted by Gasteiger charge is -2.18. The monoisotopic (exact) mass is 323 g/mol. The highest BCUT2D eigenvalue weighted by molar-refractivity contribution is 5.99. The van der Waals surface area contributed by atoms with Crippen LogP contribution in [0, 0.1) is 11.6 Å². The van der Waals surface area contributed by atoms with E-state index in [1.807, 2.05) is 0 Å². The van der Waals surface area contributed by atoms with Crippen molar-refractivity contribution < 1.29 is 18.7 Å². The molecule has 0 radical (unpaired) electrons. The molecule has 23 heavy (non-hydrogen) atoms. The van der Waals surface area contributed by atoms with Crippen molar-refractivity contribution >= 4 is 5.91 Å². The maximum Gasteiger partial charge on any atom is 0.257 e. The van der Waals surface area contributed by atoms with Crippen molar-refractivity contribution in [2.75, 3.05) is 13.6 Å². The molecule has 0 saturated heterocycles. The van der Waals surface area contributed by atoms with Gasteiger partial charge in [0.15, 0.2) is 0 Å². The van der Waals surface area contributed by atoms with Crippen LogP contribution in [0.5, 0.6) is 0 Å². The second-order valence-electron chi connectivity index (χ2n) is 5.55. The fourth-order valence-electron chi connectivity index (χ4n) is 2.21. The number of carbonyl (C=O) groups is 1. The van der Waals surface area contributed by atoms with E-state index in [0.29, 0.717) is 13.0 Å². The van der Waals surface area contributed by atoms with Gasteiger partial charge < -0.3 is 10.0 Å². The summed E-state index contributed by atoms with van der Waals surface area (Å²) in [6, 6.07) is 3.15. The fraction of sp³-hybridized carbons (Fsp3) is 0.375. The normalized spacial score (nSPS) is 12.3. The number of aromatic nitrogens is 2. The Morgan fingerprint density at radius 2 is 2.13 bits per heavy atom. The third-order valence-electron chi connectivity index (χ3n) is 3.47. The van der Waals surface area contributed by atoms with Crippen LogP contribution < -0.4 is 0 Å². The Morgan fingerprint density at radius 1 is 1.43 bits per heavy atom. The average Bonchev–Trinajstić information content (AvgIpc) is 2.85. The molecule has 0 aliphatic carbocycles. The molecule has 0 saturated carbocycles. The third kappa shape index (κ3) is 3.92. The SMILES string of the molecule is CC(O)CCN(C)C(=O)c1cn(C)nc1-c1ccc(F)cc1F. The Bertz CT molecular complexity index is 713. The lowest BCUT2D eigenvalue weighted by Crippen LogP contribution is -2.29. The topological polar surface area (TPSA) is 58.4 Å². The molecule has 7 heteroatoms. The molecule has 124 valence electrons. The van der Waals surface area contributed by atoms with Crippen LogP contribution in [-0.4, -0.2) is 45.4 Å². The van der Waals surface area contributed by atoms with Crippen LogP contribution in [0.25, 0.3) is 11.3 Å². The highest BCUT2D eigenvalue weighted by Crippen LogP contribution is 2.26. The number of hydrogen-bond donors (Lipinski definition) is 1. The fourth-order valence-corrected chi connectivity index (χ4v) is 2.21. The maximum absolute atomic E-state index is 14.0. The number of carbonyl (C=O) groups excluding carboxylic acids is 1. The first-order valence-electron chi connectivity index (χ1n) is 7.22. The minimum absolute atomic E-state index is 0.0688. The van der Waals surface area contributed by atoms with Gasteiger partial charge in [0.1, 0.15) is 17.3 Å². The van der Waals surface area contributed by atoms with Gasteiger partial charge in [-0.1, -0.05) is 0 Å². The van der Waals surface area contributed by atoms with E-state index in [9.17, 15) is 18.7 Å². The molecule has 2 aromatic rings. The number of nitrogens with zero attached hydrogens (tertiary/aromatic N) is 3. The van der Waals surface area contributed by atoms with Gasteiger partial charge in [-0.05, 0) is 25.5 Å². The van der Waals surface area contributed by atoms with E-state index in [4.69, 9.17) is 0 Å². The zero-order chi connectivity index (χ0) is 17.1. The predicted octanol–water partition coefficient (Wildman–Crippen LogP) is 2.21. The summed E-state index contributed by atoms with van der Waals surface area (Å²) in [6.45, 7) is 2.00. The summed E-state index contributed by atoms with van der Waals surface area (Å²) in [5.41, 5.74) is 0.462. The number of aliphatic hydroxyl groups excluding tert-OH is 1. The van der Waals surface area contributed by atoms with Gasteiger partial charge in [-0.15, -0.1) is 0 Å². The smallest absolute Gasteiger partial charge is 0.257 e. The highest BCUT2D eigenvalue weighted by atomic mass is 19.1. The van der Waals surface area contributed by atoms with Gasteiger partial charge in [0.05, 0.1) is 11.7 Å². The van der Waals surface area contributed by atoms with E-state index in [2.05, 4.69) is 5.10 Å². The lowest BCUT2D eigenvalue weighted by molar-refractivity contribution is 0.0769. The molecular weight excluding hydrogens is 304 g/mol. The Morgan fingerprint density at radius 3 is 2.74 bits per heavy atom. The van der Waals surface area contributed by atoms with E-state index in [0.717, 1.165) is 12.1 Å². The van der Waals surface area contributed by atoms with Crippen molar-refractivity contribution in [3.8, 4) is 11.3 Å². The summed E-state index contributed by atoms with van der Waals surface area (Å²) in [7, 11) is 3.22. The molecule has 1 unspecified atom stereocenters. The molecule has 1 N–H and O–H groups in total. The Hall–Kier alpha value is -2.28. The van der Waals surface area contributed by atoms with Crippen LogP contribution in [0.15, 0.2) is 24.4 Å². The minimum atomic E-state index is -0.774. The molecule has 0 bridgehead atoms. The van der Waals surface area contributed by atoms with Gasteiger partial charge in [-0.2, -0.15) is 5.10 Å². The molecule has 1 amide bonds. The molecule has 0 aliphatic heterocycles. The highest BCUT2D eigenvalue weighted by Gasteiger charge is 2.22. The second kappa shape index (κ2) is 6.87. The summed E-state index contributed by atoms with van der Waals surface area (Å²) in [5, 5.41) is 13.4. The van der Waals surface area contributed by atoms with Gasteiger partial charge >= 0.3 is 0 Å². The largest absolute Gasteiger partial charge is 0.393 e. The van der Waals surface area contributed by atoms with E-state index in [-0.39, 0.29) is 22.7 Å². The van der Waals surface area contributed by atoms with E-state index in [1.165, 1.54) is 21.8 Å². The van der Waals surface area contributed by atoms with Gasteiger partial charge in [-0.3, -0.25) is 9.48 Å². The number of rotatable bonds is 5. The van der Waals surface area contributed by atoms with Crippen molar-refractivity contribution in [3.63, 3.8) is 0 Å². The number of amides is 1. The zero-order valence-corrected chi connectivity index (χ0v) is 13.3. The second-order valence-corrected chi connectivity index (χ2v) is 5.55. The summed E-state index contributed by atoms with van der Waals surface area (Å²) < 4.78 is 28.5. The number of benzene rings is 1. The van der Waals surface area contributed by atoms with Crippen molar-refractivity contribution in [1.29, 1.82) is 0 Å². The van der Waals surface area contributed by atoms with Gasteiger partial charge in [-0.25, -0.2) is 8.78 Å². The molecule has 1 heterocycles. The lowest BCUT2D eigenvalue weighted by atomic mass is 10.1. The van der Waals surface area contributed by atoms with E-state index in [1.54, 1.807) is 21.0 Å². The van der Waals surface area contributed by atoms with E-state index < -0.39 is 17.7 Å². The molecule has 1 aromatic carbocycles. The molecule has 5 nitrogen and oxygen atoms in total. The first-order valence-corrected chi connectivity index (χ1v) is 7.22. The standard InChI is InChI=1S/C16H19F2N3O2/c1-10(22)6-7-20(2)16(23)13-9-21(3)19-15(13)12-5-4-11(17)8-14(12)18/h4-5,8-10,22H,6-7H2,1-3H3. The first kappa shape index (κ1) is 17.1. The van der Waals surface area contributed by atoms with Crippen LogP contribution in [0.4, 0.5) is 8.78 Å². The van der Waals surface area contributed by atoms with Gasteiger partial charge in [0.25, 0.3) is 5.91 Å². The van der Waals surface area contributed by atoms with Crippen LogP contribution in [0.1, 0.15) is 23.7 Å². The summed E-state index contributed by atoms with van der Waals surface area (Å²) in [6.07, 6.45) is 1.41.